The molecule has 0 radical (unpaired) electrons. The predicted octanol–water partition coefficient (Wildman–Crippen LogP) is 2.67. The first-order chi connectivity index (χ1) is 9.59. The Bertz CT molecular complexity index is 580. The van der Waals surface area contributed by atoms with E-state index in [1.54, 1.807) is 0 Å². The quantitative estimate of drug-likeness (QED) is 0.832. The van der Waals surface area contributed by atoms with Gasteiger partial charge >= 0.3 is 5.97 Å². The minimum atomic E-state index is -1.12. The molecule has 0 aliphatic heterocycles. The summed E-state index contributed by atoms with van der Waals surface area (Å²) < 4.78 is 0. The summed E-state index contributed by atoms with van der Waals surface area (Å²) in [4.78, 5) is 23.8. The number of nitrogens with one attached hydrogen (secondary N) is 1. The zero-order chi connectivity index (χ0) is 14.5. The van der Waals surface area contributed by atoms with Gasteiger partial charge in [-0.25, -0.2) is 0 Å². The fraction of sp³-hybridized carbons (Fsp3) is 0.200. The topological polar surface area (TPSA) is 66.4 Å². The van der Waals surface area contributed by atoms with E-state index in [2.05, 4.69) is 5.32 Å². The third kappa shape index (κ3) is 3.24. The molecule has 1 heterocycles. The van der Waals surface area contributed by atoms with Crippen LogP contribution >= 0.6 is 11.3 Å². The number of hydrogen-bond acceptors (Lipinski definition) is 3. The van der Waals surface area contributed by atoms with Crippen molar-refractivity contribution in [3.8, 4) is 0 Å². The van der Waals surface area contributed by atoms with Crippen molar-refractivity contribution in [2.24, 2.45) is 5.92 Å². The normalized spacial score (nSPS) is 13.4. The Labute approximate surface area is 121 Å². The molecule has 0 aliphatic rings. The Morgan fingerprint density at radius 2 is 1.85 bits per heavy atom. The molecule has 2 unspecified atom stereocenters. The average molecular weight is 289 g/mol. The minimum Gasteiger partial charge on any atom is -0.481 e. The van der Waals surface area contributed by atoms with E-state index in [-0.39, 0.29) is 6.04 Å². The lowest BCUT2D eigenvalue weighted by atomic mass is 10.0. The zero-order valence-electron chi connectivity index (χ0n) is 10.9. The number of thiophene rings is 1. The van der Waals surface area contributed by atoms with Gasteiger partial charge in [0.1, 0.15) is 5.92 Å². The molecular weight excluding hydrogens is 274 g/mol. The van der Waals surface area contributed by atoms with Gasteiger partial charge in [-0.3, -0.25) is 9.59 Å². The van der Waals surface area contributed by atoms with Crippen molar-refractivity contribution in [3.05, 3.63) is 58.3 Å². The molecule has 2 aromatic rings. The van der Waals surface area contributed by atoms with Gasteiger partial charge in [0.25, 0.3) is 0 Å². The van der Waals surface area contributed by atoms with E-state index in [9.17, 15) is 9.59 Å². The van der Waals surface area contributed by atoms with Gasteiger partial charge in [-0.2, -0.15) is 0 Å². The average Bonchev–Trinajstić information content (AvgIpc) is 2.98. The Morgan fingerprint density at radius 1 is 1.15 bits per heavy atom. The van der Waals surface area contributed by atoms with Crippen molar-refractivity contribution in [2.45, 2.75) is 13.0 Å². The van der Waals surface area contributed by atoms with Crippen LogP contribution in [-0.4, -0.2) is 17.0 Å². The number of rotatable bonds is 5. The first-order valence-electron chi connectivity index (χ1n) is 6.21. The van der Waals surface area contributed by atoms with Gasteiger partial charge in [0.05, 0.1) is 6.04 Å². The fourth-order valence-corrected chi connectivity index (χ4v) is 2.60. The molecule has 0 fully saturated rings. The molecule has 2 N–H and O–H groups in total. The van der Waals surface area contributed by atoms with Crippen molar-refractivity contribution in [2.75, 3.05) is 0 Å². The van der Waals surface area contributed by atoms with E-state index in [0.29, 0.717) is 0 Å². The number of carbonyl (C=O) groups is 2. The number of carboxylic acid groups (broad SMARTS) is 1. The van der Waals surface area contributed by atoms with E-state index in [1.165, 1.54) is 18.3 Å². The highest BCUT2D eigenvalue weighted by Crippen LogP contribution is 2.26. The van der Waals surface area contributed by atoms with E-state index in [0.717, 1.165) is 10.4 Å². The summed E-state index contributed by atoms with van der Waals surface area (Å²) in [6, 6.07) is 13.0. The summed E-state index contributed by atoms with van der Waals surface area (Å²) in [6.07, 6.45) is 0. The summed E-state index contributed by atoms with van der Waals surface area (Å²) in [5.41, 5.74) is 0.931. The van der Waals surface area contributed by atoms with Gasteiger partial charge in [-0.1, -0.05) is 36.4 Å². The molecule has 1 amide bonds. The lowest BCUT2D eigenvalue weighted by molar-refractivity contribution is -0.146. The number of carboxylic acids is 1. The number of hydrogen-bond donors (Lipinski definition) is 2. The molecule has 0 bridgehead atoms. The molecular formula is C15H15NO3S. The summed E-state index contributed by atoms with van der Waals surface area (Å²) in [5.74, 6) is -2.68. The summed E-state index contributed by atoms with van der Waals surface area (Å²) in [6.45, 7) is 1.38. The van der Waals surface area contributed by atoms with Gasteiger partial charge in [-0.15, -0.1) is 11.3 Å². The number of benzene rings is 1. The number of carbonyl (C=O) groups excluding carboxylic acids is 1. The second-order valence-corrected chi connectivity index (χ2v) is 5.41. The molecule has 2 atom stereocenters. The Kier molecular flexibility index (Phi) is 4.53. The monoisotopic (exact) mass is 289 g/mol. The summed E-state index contributed by atoms with van der Waals surface area (Å²) in [7, 11) is 0. The maximum Gasteiger partial charge on any atom is 0.315 e. The van der Waals surface area contributed by atoms with E-state index in [1.807, 2.05) is 47.8 Å². The first-order valence-corrected chi connectivity index (χ1v) is 7.09. The highest BCUT2D eigenvalue weighted by Gasteiger charge is 2.25. The van der Waals surface area contributed by atoms with Crippen LogP contribution in [0.5, 0.6) is 0 Å². The summed E-state index contributed by atoms with van der Waals surface area (Å²) >= 11 is 1.53. The van der Waals surface area contributed by atoms with E-state index < -0.39 is 17.8 Å². The molecule has 1 aromatic heterocycles. The van der Waals surface area contributed by atoms with Gasteiger partial charge < -0.3 is 10.4 Å². The Balaban J connectivity index is 2.25. The van der Waals surface area contributed by atoms with Crippen molar-refractivity contribution in [1.82, 2.24) is 5.32 Å². The van der Waals surface area contributed by atoms with Gasteiger partial charge in [-0.05, 0) is 23.9 Å². The maximum atomic E-state index is 12.0. The minimum absolute atomic E-state index is 0.314. The van der Waals surface area contributed by atoms with E-state index >= 15 is 0 Å². The molecule has 0 saturated heterocycles. The van der Waals surface area contributed by atoms with Crippen LogP contribution in [0.25, 0.3) is 0 Å². The number of aliphatic carboxylic acids is 1. The predicted molar refractivity (Wildman–Crippen MR) is 77.5 cm³/mol. The smallest absolute Gasteiger partial charge is 0.315 e. The van der Waals surface area contributed by atoms with Crippen LogP contribution < -0.4 is 5.32 Å². The highest BCUT2D eigenvalue weighted by molar-refractivity contribution is 7.10. The second kappa shape index (κ2) is 6.34. The van der Waals surface area contributed by atoms with Crippen molar-refractivity contribution in [1.29, 1.82) is 0 Å². The zero-order valence-corrected chi connectivity index (χ0v) is 11.8. The fourth-order valence-electron chi connectivity index (χ4n) is 1.80. The van der Waals surface area contributed by atoms with Crippen LogP contribution in [0.2, 0.25) is 0 Å². The van der Waals surface area contributed by atoms with Crippen molar-refractivity contribution in [3.63, 3.8) is 0 Å². The van der Waals surface area contributed by atoms with Crippen LogP contribution in [0.4, 0.5) is 0 Å². The van der Waals surface area contributed by atoms with Crippen LogP contribution in [-0.2, 0) is 9.59 Å². The van der Waals surface area contributed by atoms with Crippen LogP contribution in [0.3, 0.4) is 0 Å². The number of amides is 1. The van der Waals surface area contributed by atoms with Crippen LogP contribution in [0.1, 0.15) is 23.4 Å². The standard InChI is InChI=1S/C15H15NO3S/c1-10(15(18)19)14(17)16-13(12-8-5-9-20-12)11-6-3-2-4-7-11/h2-10,13H,1H3,(H,16,17)(H,18,19). The van der Waals surface area contributed by atoms with Crippen LogP contribution in [0.15, 0.2) is 47.8 Å². The third-order valence-corrected chi connectivity index (χ3v) is 3.95. The summed E-state index contributed by atoms with van der Waals surface area (Å²) in [5, 5.41) is 13.6. The maximum absolute atomic E-state index is 12.0. The van der Waals surface area contributed by atoms with Crippen LogP contribution in [0, 0.1) is 5.92 Å². The SMILES string of the molecule is CC(C(=O)O)C(=O)NC(c1ccccc1)c1cccs1. The highest BCUT2D eigenvalue weighted by atomic mass is 32.1. The molecule has 104 valence electrons. The molecule has 0 aliphatic carbocycles. The largest absolute Gasteiger partial charge is 0.481 e. The molecule has 4 nitrogen and oxygen atoms in total. The molecule has 2 rings (SSSR count). The lowest BCUT2D eigenvalue weighted by Gasteiger charge is -2.19. The van der Waals surface area contributed by atoms with Gasteiger partial charge in [0, 0.05) is 4.88 Å². The molecule has 0 spiro atoms. The van der Waals surface area contributed by atoms with Crippen molar-refractivity contribution >= 4 is 23.2 Å². The van der Waals surface area contributed by atoms with Gasteiger partial charge in [0.2, 0.25) is 5.91 Å². The van der Waals surface area contributed by atoms with E-state index in [4.69, 9.17) is 5.11 Å². The third-order valence-electron chi connectivity index (χ3n) is 3.01. The second-order valence-electron chi connectivity index (χ2n) is 4.43. The molecule has 0 saturated carbocycles. The van der Waals surface area contributed by atoms with Gasteiger partial charge in [0.15, 0.2) is 0 Å². The lowest BCUT2D eigenvalue weighted by Crippen LogP contribution is -2.36. The molecule has 5 heteroatoms. The molecule has 20 heavy (non-hydrogen) atoms. The Morgan fingerprint density at radius 3 is 2.40 bits per heavy atom. The van der Waals surface area contributed by atoms with Crippen molar-refractivity contribution < 1.29 is 14.7 Å². The first kappa shape index (κ1) is 14.3. The molecule has 1 aromatic carbocycles. The Hall–Kier alpha value is -2.14.